The van der Waals surface area contributed by atoms with Gasteiger partial charge in [-0.1, -0.05) is 0 Å². The number of rotatable bonds is 1. The molecule has 0 aliphatic carbocycles. The molecule has 2 aliphatic heterocycles. The van der Waals surface area contributed by atoms with Gasteiger partial charge in [-0.15, -0.1) is 0 Å². The Morgan fingerprint density at radius 2 is 2.06 bits per heavy atom. The Morgan fingerprint density at radius 3 is 2.81 bits per heavy atom. The molecule has 1 unspecified atom stereocenters. The SMILES string of the molecule is OC1CCCc2nc(C3CCNCC3)nn21. The van der Waals surface area contributed by atoms with Gasteiger partial charge in [0.05, 0.1) is 0 Å². The van der Waals surface area contributed by atoms with E-state index < -0.39 is 6.23 Å². The summed E-state index contributed by atoms with van der Waals surface area (Å²) >= 11 is 0. The normalized spacial score (nSPS) is 26.7. The maximum Gasteiger partial charge on any atom is 0.154 e. The standard InChI is InChI=1S/C11H18N4O/c16-10-3-1-2-9-13-11(14-15(9)10)8-4-6-12-7-5-8/h8,10,12,16H,1-7H2. The molecule has 88 valence electrons. The van der Waals surface area contributed by atoms with Crippen LogP contribution in [0.5, 0.6) is 0 Å². The quantitative estimate of drug-likeness (QED) is 0.729. The smallest absolute Gasteiger partial charge is 0.154 e. The van der Waals surface area contributed by atoms with Crippen molar-refractivity contribution >= 4 is 0 Å². The maximum absolute atomic E-state index is 9.82. The van der Waals surface area contributed by atoms with Gasteiger partial charge in [0.2, 0.25) is 0 Å². The molecule has 3 rings (SSSR count). The largest absolute Gasteiger partial charge is 0.372 e. The number of nitrogens with one attached hydrogen (secondary N) is 1. The predicted octanol–water partition coefficient (Wildman–Crippen LogP) is 0.572. The number of fused-ring (bicyclic) bond motifs is 1. The Morgan fingerprint density at radius 1 is 1.25 bits per heavy atom. The van der Waals surface area contributed by atoms with Crippen LogP contribution in [0.15, 0.2) is 0 Å². The number of aryl methyl sites for hydroxylation is 1. The summed E-state index contributed by atoms with van der Waals surface area (Å²) in [7, 11) is 0. The summed E-state index contributed by atoms with van der Waals surface area (Å²) in [6, 6.07) is 0. The topological polar surface area (TPSA) is 63.0 Å². The van der Waals surface area contributed by atoms with Crippen LogP contribution < -0.4 is 5.32 Å². The van der Waals surface area contributed by atoms with E-state index in [0.29, 0.717) is 5.92 Å². The average molecular weight is 222 g/mol. The van der Waals surface area contributed by atoms with Crippen molar-refractivity contribution in [1.82, 2.24) is 20.1 Å². The first-order chi connectivity index (χ1) is 7.84. The van der Waals surface area contributed by atoms with Crippen LogP contribution in [0.4, 0.5) is 0 Å². The lowest BCUT2D eigenvalue weighted by molar-refractivity contribution is 0.0642. The summed E-state index contributed by atoms with van der Waals surface area (Å²) in [5, 5.41) is 17.6. The molecular weight excluding hydrogens is 204 g/mol. The van der Waals surface area contributed by atoms with Gasteiger partial charge in [0.1, 0.15) is 12.1 Å². The summed E-state index contributed by atoms with van der Waals surface area (Å²) in [6.45, 7) is 2.11. The Bertz CT molecular complexity index is 370. The zero-order chi connectivity index (χ0) is 11.0. The zero-order valence-electron chi connectivity index (χ0n) is 9.39. The second kappa shape index (κ2) is 4.14. The number of aliphatic hydroxyl groups is 1. The van der Waals surface area contributed by atoms with Gasteiger partial charge in [-0.3, -0.25) is 0 Å². The molecule has 0 bridgehead atoms. The van der Waals surface area contributed by atoms with Crippen molar-refractivity contribution < 1.29 is 5.11 Å². The van der Waals surface area contributed by atoms with Crippen LogP contribution in [0.3, 0.4) is 0 Å². The lowest BCUT2D eigenvalue weighted by atomic mass is 9.98. The molecule has 0 saturated carbocycles. The molecule has 5 nitrogen and oxygen atoms in total. The van der Waals surface area contributed by atoms with Gasteiger partial charge in [0.25, 0.3) is 0 Å². The number of piperidine rings is 1. The van der Waals surface area contributed by atoms with E-state index in [4.69, 9.17) is 0 Å². The molecule has 1 saturated heterocycles. The van der Waals surface area contributed by atoms with Crippen molar-refractivity contribution in [3.63, 3.8) is 0 Å². The highest BCUT2D eigenvalue weighted by Gasteiger charge is 2.25. The van der Waals surface area contributed by atoms with E-state index in [0.717, 1.165) is 56.8 Å². The summed E-state index contributed by atoms with van der Waals surface area (Å²) in [5.74, 6) is 2.39. The van der Waals surface area contributed by atoms with E-state index in [-0.39, 0.29) is 0 Å². The van der Waals surface area contributed by atoms with Crippen LogP contribution in [0.25, 0.3) is 0 Å². The van der Waals surface area contributed by atoms with E-state index in [1.54, 1.807) is 4.68 Å². The van der Waals surface area contributed by atoms with Crippen LogP contribution >= 0.6 is 0 Å². The second-order valence-electron chi connectivity index (χ2n) is 4.73. The minimum atomic E-state index is -0.452. The van der Waals surface area contributed by atoms with Crippen LogP contribution in [0.1, 0.15) is 49.5 Å². The van der Waals surface area contributed by atoms with Gasteiger partial charge in [0.15, 0.2) is 5.82 Å². The third-order valence-electron chi connectivity index (χ3n) is 3.57. The predicted molar refractivity (Wildman–Crippen MR) is 59.1 cm³/mol. The Hall–Kier alpha value is -0.940. The molecule has 16 heavy (non-hydrogen) atoms. The number of hydrogen-bond donors (Lipinski definition) is 2. The van der Waals surface area contributed by atoms with Crippen LogP contribution in [0.2, 0.25) is 0 Å². The molecule has 0 radical (unpaired) electrons. The van der Waals surface area contributed by atoms with E-state index >= 15 is 0 Å². The lowest BCUT2D eigenvalue weighted by Crippen LogP contribution is -2.27. The maximum atomic E-state index is 9.82. The molecule has 0 amide bonds. The van der Waals surface area contributed by atoms with Gasteiger partial charge >= 0.3 is 0 Å². The van der Waals surface area contributed by atoms with Crippen molar-refractivity contribution in [3.05, 3.63) is 11.6 Å². The molecule has 2 aliphatic rings. The highest BCUT2D eigenvalue weighted by atomic mass is 16.3. The van der Waals surface area contributed by atoms with E-state index in [2.05, 4.69) is 15.4 Å². The van der Waals surface area contributed by atoms with E-state index in [1.165, 1.54) is 0 Å². The van der Waals surface area contributed by atoms with E-state index in [1.807, 2.05) is 0 Å². The second-order valence-corrected chi connectivity index (χ2v) is 4.73. The van der Waals surface area contributed by atoms with Gasteiger partial charge < -0.3 is 10.4 Å². The van der Waals surface area contributed by atoms with Crippen molar-refractivity contribution in [1.29, 1.82) is 0 Å². The first-order valence-corrected chi connectivity index (χ1v) is 6.18. The van der Waals surface area contributed by atoms with Crippen LogP contribution in [0, 0.1) is 0 Å². The van der Waals surface area contributed by atoms with Crippen molar-refractivity contribution in [2.75, 3.05) is 13.1 Å². The summed E-state index contributed by atoms with van der Waals surface area (Å²) in [6.07, 6.45) is 4.55. The molecule has 0 spiro atoms. The summed E-state index contributed by atoms with van der Waals surface area (Å²) in [5.41, 5.74) is 0. The average Bonchev–Trinajstić information content (AvgIpc) is 2.76. The molecule has 1 aromatic heterocycles. The molecule has 5 heteroatoms. The first kappa shape index (κ1) is 10.2. The number of aliphatic hydroxyl groups excluding tert-OH is 1. The molecular formula is C11H18N4O. The van der Waals surface area contributed by atoms with Gasteiger partial charge in [-0.25, -0.2) is 9.67 Å². The molecule has 0 aromatic carbocycles. The Labute approximate surface area is 94.9 Å². The lowest BCUT2D eigenvalue weighted by Gasteiger charge is -2.19. The number of nitrogens with zero attached hydrogens (tertiary/aromatic N) is 3. The van der Waals surface area contributed by atoms with Gasteiger partial charge in [-0.05, 0) is 38.8 Å². The van der Waals surface area contributed by atoms with Gasteiger partial charge in [-0.2, -0.15) is 5.10 Å². The van der Waals surface area contributed by atoms with Crippen molar-refractivity contribution in [2.45, 2.75) is 44.2 Å². The van der Waals surface area contributed by atoms with Crippen LogP contribution in [-0.4, -0.2) is 33.0 Å². The zero-order valence-corrected chi connectivity index (χ0v) is 9.39. The molecule has 2 N–H and O–H groups in total. The van der Waals surface area contributed by atoms with Crippen molar-refractivity contribution in [2.24, 2.45) is 0 Å². The fraction of sp³-hybridized carbons (Fsp3) is 0.818. The highest BCUT2D eigenvalue weighted by Crippen LogP contribution is 2.26. The van der Waals surface area contributed by atoms with Gasteiger partial charge in [0, 0.05) is 12.3 Å². The Kier molecular flexibility index (Phi) is 2.65. The van der Waals surface area contributed by atoms with Crippen molar-refractivity contribution in [3.8, 4) is 0 Å². The highest BCUT2D eigenvalue weighted by molar-refractivity contribution is 5.03. The summed E-state index contributed by atoms with van der Waals surface area (Å²) < 4.78 is 1.72. The minimum Gasteiger partial charge on any atom is -0.372 e. The number of hydrogen-bond acceptors (Lipinski definition) is 4. The van der Waals surface area contributed by atoms with Crippen LogP contribution in [-0.2, 0) is 6.42 Å². The molecule has 1 atom stereocenters. The Balaban J connectivity index is 1.85. The molecule has 1 aromatic rings. The number of aromatic nitrogens is 3. The monoisotopic (exact) mass is 222 g/mol. The first-order valence-electron chi connectivity index (χ1n) is 6.18. The summed E-state index contributed by atoms with van der Waals surface area (Å²) in [4.78, 5) is 4.59. The molecule has 3 heterocycles. The fourth-order valence-electron chi connectivity index (χ4n) is 2.60. The minimum absolute atomic E-state index is 0.452. The van der Waals surface area contributed by atoms with E-state index in [9.17, 15) is 5.11 Å². The third-order valence-corrected chi connectivity index (χ3v) is 3.57. The third kappa shape index (κ3) is 1.74. The fourth-order valence-corrected chi connectivity index (χ4v) is 2.60. The molecule has 1 fully saturated rings.